The van der Waals surface area contributed by atoms with E-state index in [4.69, 9.17) is 16.3 Å². The van der Waals surface area contributed by atoms with Crippen molar-refractivity contribution >= 4 is 27.3 Å². The number of halogens is 1. The highest BCUT2D eigenvalue weighted by Gasteiger charge is 2.24. The lowest BCUT2D eigenvalue weighted by Gasteiger charge is -2.24. The van der Waals surface area contributed by atoms with Gasteiger partial charge in [0.25, 0.3) is 10.0 Å². The highest BCUT2D eigenvalue weighted by Crippen LogP contribution is 2.31. The smallest absolute Gasteiger partial charge is 0.264 e. The second kappa shape index (κ2) is 9.66. The third kappa shape index (κ3) is 4.76. The number of benzene rings is 3. The number of hydrogen-bond acceptors (Lipinski definition) is 4. The van der Waals surface area contributed by atoms with Crippen molar-refractivity contribution in [1.29, 1.82) is 5.26 Å². The Morgan fingerprint density at radius 3 is 2.33 bits per heavy atom. The lowest BCUT2D eigenvalue weighted by Crippen LogP contribution is -2.32. The Balaban J connectivity index is 1.89. The first-order valence-corrected chi connectivity index (χ1v) is 11.3. The Labute approximate surface area is 182 Å². The molecular weight excluding hydrogens is 420 g/mol. The van der Waals surface area contributed by atoms with E-state index in [9.17, 15) is 13.7 Å². The molecular formula is C23H21ClN2O3S. The Morgan fingerprint density at radius 2 is 1.70 bits per heavy atom. The molecule has 0 saturated heterocycles. The molecule has 0 aliphatic rings. The van der Waals surface area contributed by atoms with Crippen LogP contribution in [0.2, 0.25) is 5.02 Å². The van der Waals surface area contributed by atoms with E-state index < -0.39 is 10.0 Å². The fourth-order valence-corrected chi connectivity index (χ4v) is 4.63. The van der Waals surface area contributed by atoms with Gasteiger partial charge in [0.1, 0.15) is 23.1 Å². The maximum Gasteiger partial charge on any atom is 0.264 e. The lowest BCUT2D eigenvalue weighted by atomic mass is 10.2. The summed E-state index contributed by atoms with van der Waals surface area (Å²) in [7, 11) is -3.73. The minimum atomic E-state index is -3.73. The molecule has 7 heteroatoms. The van der Waals surface area contributed by atoms with Crippen LogP contribution in [0, 0.1) is 11.3 Å². The third-order valence-electron chi connectivity index (χ3n) is 4.49. The summed E-state index contributed by atoms with van der Waals surface area (Å²) in [6.45, 7) is 2.42. The number of nitrogens with zero attached hydrogens (tertiary/aromatic N) is 2. The van der Waals surface area contributed by atoms with Gasteiger partial charge in [-0.3, -0.25) is 4.31 Å². The van der Waals surface area contributed by atoms with Gasteiger partial charge in [-0.2, -0.15) is 5.26 Å². The van der Waals surface area contributed by atoms with Gasteiger partial charge in [-0.1, -0.05) is 49.2 Å². The molecule has 3 rings (SSSR count). The topological polar surface area (TPSA) is 70.4 Å². The van der Waals surface area contributed by atoms with Gasteiger partial charge in [-0.25, -0.2) is 8.42 Å². The number of unbranched alkanes of at least 4 members (excludes halogenated alkanes) is 1. The average molecular weight is 441 g/mol. The van der Waals surface area contributed by atoms with Crippen LogP contribution in [-0.4, -0.2) is 15.0 Å². The maximum atomic E-state index is 13.3. The summed E-state index contributed by atoms with van der Waals surface area (Å²) in [6, 6.07) is 22.1. The summed E-state index contributed by atoms with van der Waals surface area (Å²) in [5, 5.41) is 9.56. The van der Waals surface area contributed by atoms with Crippen molar-refractivity contribution in [2.24, 2.45) is 0 Å². The fourth-order valence-electron chi connectivity index (χ4n) is 2.92. The highest BCUT2D eigenvalue weighted by molar-refractivity contribution is 7.92. The van der Waals surface area contributed by atoms with E-state index in [-0.39, 0.29) is 10.5 Å². The fraction of sp³-hybridized carbons (Fsp3) is 0.174. The molecule has 0 aromatic heterocycles. The van der Waals surface area contributed by atoms with E-state index >= 15 is 0 Å². The molecule has 0 saturated carbocycles. The molecule has 0 aliphatic carbocycles. The predicted molar refractivity (Wildman–Crippen MR) is 119 cm³/mol. The predicted octanol–water partition coefficient (Wildman–Crippen LogP) is 6.00. The Morgan fingerprint density at radius 1 is 1.00 bits per heavy atom. The van der Waals surface area contributed by atoms with Gasteiger partial charge in [0, 0.05) is 6.54 Å². The number of rotatable bonds is 8. The van der Waals surface area contributed by atoms with E-state index in [1.165, 1.54) is 16.4 Å². The van der Waals surface area contributed by atoms with Crippen LogP contribution in [0.3, 0.4) is 0 Å². The quantitative estimate of drug-likeness (QED) is 0.430. The molecule has 30 heavy (non-hydrogen) atoms. The summed E-state index contributed by atoms with van der Waals surface area (Å²) >= 11 is 6.03. The van der Waals surface area contributed by atoms with Crippen molar-refractivity contribution in [3.63, 3.8) is 0 Å². The van der Waals surface area contributed by atoms with Crippen LogP contribution in [-0.2, 0) is 10.0 Å². The van der Waals surface area contributed by atoms with E-state index in [0.717, 1.165) is 12.8 Å². The van der Waals surface area contributed by atoms with Gasteiger partial charge in [-0.05, 0) is 55.0 Å². The first-order valence-electron chi connectivity index (χ1n) is 9.51. The number of sulfonamides is 1. The summed E-state index contributed by atoms with van der Waals surface area (Å²) in [5.41, 5.74) is 0.856. The van der Waals surface area contributed by atoms with E-state index in [1.54, 1.807) is 42.5 Å². The maximum absolute atomic E-state index is 13.3. The Hall–Kier alpha value is -3.01. The van der Waals surface area contributed by atoms with Gasteiger partial charge < -0.3 is 4.74 Å². The van der Waals surface area contributed by atoms with Crippen LogP contribution in [0.25, 0.3) is 0 Å². The van der Waals surface area contributed by atoms with Crippen molar-refractivity contribution < 1.29 is 13.2 Å². The van der Waals surface area contributed by atoms with Crippen LogP contribution in [0.1, 0.15) is 25.3 Å². The first kappa shape index (κ1) is 21.7. The SMILES string of the molecule is CCCCN(c1ccccc1)S(=O)(=O)c1ccc(Oc2cccc(Cl)c2C#N)cc1. The van der Waals surface area contributed by atoms with E-state index in [2.05, 4.69) is 0 Å². The van der Waals surface area contributed by atoms with Gasteiger partial charge >= 0.3 is 0 Å². The normalized spacial score (nSPS) is 11.0. The molecule has 5 nitrogen and oxygen atoms in total. The van der Waals surface area contributed by atoms with Gasteiger partial charge in [0.05, 0.1) is 15.6 Å². The van der Waals surface area contributed by atoms with Crippen LogP contribution in [0.15, 0.2) is 77.7 Å². The zero-order chi connectivity index (χ0) is 21.6. The zero-order valence-corrected chi connectivity index (χ0v) is 18.0. The second-order valence-electron chi connectivity index (χ2n) is 6.56. The van der Waals surface area contributed by atoms with E-state index in [1.807, 2.05) is 31.2 Å². The molecule has 0 radical (unpaired) electrons. The van der Waals surface area contributed by atoms with Gasteiger partial charge in [-0.15, -0.1) is 0 Å². The molecule has 0 heterocycles. The molecule has 0 bridgehead atoms. The molecule has 0 atom stereocenters. The summed E-state index contributed by atoms with van der Waals surface area (Å²) in [6.07, 6.45) is 1.63. The lowest BCUT2D eigenvalue weighted by molar-refractivity contribution is 0.480. The van der Waals surface area contributed by atoms with Crippen molar-refractivity contribution in [3.8, 4) is 17.6 Å². The van der Waals surface area contributed by atoms with Crippen molar-refractivity contribution in [3.05, 3.63) is 83.4 Å². The largest absolute Gasteiger partial charge is 0.456 e. The number of nitriles is 1. The van der Waals surface area contributed by atoms with Crippen molar-refractivity contribution in [2.75, 3.05) is 10.8 Å². The molecule has 3 aromatic rings. The minimum absolute atomic E-state index is 0.168. The molecule has 0 aliphatic heterocycles. The highest BCUT2D eigenvalue weighted by atomic mass is 35.5. The van der Waals surface area contributed by atoms with Gasteiger partial charge in [0.15, 0.2) is 0 Å². The minimum Gasteiger partial charge on any atom is -0.456 e. The van der Waals surface area contributed by atoms with Crippen LogP contribution in [0.4, 0.5) is 5.69 Å². The monoisotopic (exact) mass is 440 g/mol. The zero-order valence-electron chi connectivity index (χ0n) is 16.5. The molecule has 0 unspecified atom stereocenters. The average Bonchev–Trinajstić information content (AvgIpc) is 2.75. The molecule has 3 aromatic carbocycles. The molecule has 0 N–H and O–H groups in total. The van der Waals surface area contributed by atoms with Crippen molar-refractivity contribution in [2.45, 2.75) is 24.7 Å². The first-order chi connectivity index (χ1) is 14.5. The summed E-state index contributed by atoms with van der Waals surface area (Å²) < 4.78 is 33.7. The van der Waals surface area contributed by atoms with E-state index in [0.29, 0.717) is 28.8 Å². The summed E-state index contributed by atoms with van der Waals surface area (Å²) in [5.74, 6) is 0.724. The molecule has 0 fully saturated rings. The third-order valence-corrected chi connectivity index (χ3v) is 6.64. The molecule has 154 valence electrons. The van der Waals surface area contributed by atoms with Crippen LogP contribution >= 0.6 is 11.6 Å². The Bertz CT molecular complexity index is 1140. The van der Waals surface area contributed by atoms with Crippen LogP contribution < -0.4 is 9.04 Å². The molecule has 0 amide bonds. The number of hydrogen-bond donors (Lipinski definition) is 0. The number of para-hydroxylation sites is 1. The number of anilines is 1. The summed E-state index contributed by atoms with van der Waals surface area (Å²) in [4.78, 5) is 0.168. The second-order valence-corrected chi connectivity index (χ2v) is 8.83. The molecule has 0 spiro atoms. The van der Waals surface area contributed by atoms with Gasteiger partial charge in [0.2, 0.25) is 0 Å². The Kier molecular flexibility index (Phi) is 6.99. The standard InChI is InChI=1S/C23H21ClN2O3S/c1-2-3-16-26(18-8-5-4-6-9-18)30(27,28)20-14-12-19(13-15-20)29-23-11-7-10-22(24)21(23)17-25/h4-15H,2-3,16H2,1H3. The van der Waals surface area contributed by atoms with Crippen LogP contribution in [0.5, 0.6) is 11.5 Å². The van der Waals surface area contributed by atoms with Crippen molar-refractivity contribution in [1.82, 2.24) is 0 Å². The number of ether oxygens (including phenoxy) is 1.